The third-order valence-corrected chi connectivity index (χ3v) is 3.61. The van der Waals surface area contributed by atoms with Crippen LogP contribution in [-0.2, 0) is 9.59 Å². The maximum Gasteiger partial charge on any atom is 0.227 e. The van der Waals surface area contributed by atoms with Gasteiger partial charge in [-0.3, -0.25) is 9.59 Å². The van der Waals surface area contributed by atoms with E-state index in [2.05, 4.69) is 5.32 Å². The molecule has 108 valence electrons. The van der Waals surface area contributed by atoms with Crippen molar-refractivity contribution >= 4 is 17.5 Å². The van der Waals surface area contributed by atoms with Crippen molar-refractivity contribution in [1.82, 2.24) is 4.90 Å². The van der Waals surface area contributed by atoms with E-state index < -0.39 is 0 Å². The molecule has 0 unspecified atom stereocenters. The number of carbonyl (C=O) groups is 2. The summed E-state index contributed by atoms with van der Waals surface area (Å²) in [4.78, 5) is 25.4. The van der Waals surface area contributed by atoms with E-state index in [1.54, 1.807) is 17.0 Å². The third kappa shape index (κ3) is 3.56. The molecule has 20 heavy (non-hydrogen) atoms. The molecular formula is C15H19FN2O2. The second kappa shape index (κ2) is 6.50. The standard InChI is InChI=1S/C15H19FN2O2/c1-2-14(19)18-8-6-11(7-9-18)15(20)17-13-5-3-4-12(16)10-13/h3-5,10-11H,2,6-9H2,1H3,(H,17,20). The molecular weight excluding hydrogens is 259 g/mol. The zero-order valence-electron chi connectivity index (χ0n) is 11.6. The van der Waals surface area contributed by atoms with Gasteiger partial charge < -0.3 is 10.2 Å². The molecule has 1 aromatic rings. The van der Waals surface area contributed by atoms with Crippen LogP contribution < -0.4 is 5.32 Å². The molecule has 1 aliphatic rings. The van der Waals surface area contributed by atoms with Crippen LogP contribution >= 0.6 is 0 Å². The summed E-state index contributed by atoms with van der Waals surface area (Å²) in [5.74, 6) is -0.446. The summed E-state index contributed by atoms with van der Waals surface area (Å²) in [5, 5.41) is 2.73. The number of rotatable bonds is 3. The Morgan fingerprint density at radius 1 is 1.35 bits per heavy atom. The molecule has 1 saturated heterocycles. The van der Waals surface area contributed by atoms with Gasteiger partial charge >= 0.3 is 0 Å². The van der Waals surface area contributed by atoms with E-state index in [1.165, 1.54) is 12.1 Å². The van der Waals surface area contributed by atoms with Crippen LogP contribution in [0.3, 0.4) is 0 Å². The molecule has 1 aromatic carbocycles. The number of halogens is 1. The molecule has 0 aromatic heterocycles. The number of benzene rings is 1. The van der Waals surface area contributed by atoms with Gasteiger partial charge in [-0.25, -0.2) is 4.39 Å². The second-order valence-corrected chi connectivity index (χ2v) is 5.01. The quantitative estimate of drug-likeness (QED) is 0.923. The molecule has 0 saturated carbocycles. The Kier molecular flexibility index (Phi) is 4.71. The number of amides is 2. The van der Waals surface area contributed by atoms with Gasteiger partial charge in [-0.15, -0.1) is 0 Å². The Hall–Kier alpha value is -1.91. The van der Waals surface area contributed by atoms with Crippen LogP contribution in [0.25, 0.3) is 0 Å². The number of likely N-dealkylation sites (tertiary alicyclic amines) is 1. The third-order valence-electron chi connectivity index (χ3n) is 3.61. The van der Waals surface area contributed by atoms with E-state index in [4.69, 9.17) is 0 Å². The van der Waals surface area contributed by atoms with Crippen LogP contribution in [0, 0.1) is 11.7 Å². The van der Waals surface area contributed by atoms with Crippen molar-refractivity contribution < 1.29 is 14.0 Å². The first-order valence-electron chi connectivity index (χ1n) is 6.94. The Labute approximate surface area is 118 Å². The van der Waals surface area contributed by atoms with Gasteiger partial charge in [-0.05, 0) is 31.0 Å². The molecule has 0 radical (unpaired) electrons. The maximum absolute atomic E-state index is 13.0. The van der Waals surface area contributed by atoms with Crippen molar-refractivity contribution in [1.29, 1.82) is 0 Å². The second-order valence-electron chi connectivity index (χ2n) is 5.01. The molecule has 0 spiro atoms. The number of carbonyl (C=O) groups excluding carboxylic acids is 2. The van der Waals surface area contributed by atoms with Crippen molar-refractivity contribution in [2.24, 2.45) is 5.92 Å². The zero-order valence-corrected chi connectivity index (χ0v) is 11.6. The Morgan fingerprint density at radius 3 is 2.65 bits per heavy atom. The van der Waals surface area contributed by atoms with Crippen LogP contribution in [0.5, 0.6) is 0 Å². The van der Waals surface area contributed by atoms with E-state index in [0.717, 1.165) is 0 Å². The lowest BCUT2D eigenvalue weighted by atomic mass is 9.95. The predicted molar refractivity (Wildman–Crippen MR) is 74.6 cm³/mol. The van der Waals surface area contributed by atoms with Gasteiger partial charge in [-0.1, -0.05) is 13.0 Å². The minimum Gasteiger partial charge on any atom is -0.343 e. The van der Waals surface area contributed by atoms with Crippen LogP contribution in [0.15, 0.2) is 24.3 Å². The normalized spacial score (nSPS) is 16.0. The van der Waals surface area contributed by atoms with Gasteiger partial charge in [0.05, 0.1) is 0 Å². The van der Waals surface area contributed by atoms with Crippen molar-refractivity contribution in [3.8, 4) is 0 Å². The molecule has 1 heterocycles. The molecule has 1 fully saturated rings. The average molecular weight is 278 g/mol. The summed E-state index contributed by atoms with van der Waals surface area (Å²) < 4.78 is 13.0. The molecule has 2 rings (SSSR count). The van der Waals surface area contributed by atoms with E-state index in [1.807, 2.05) is 6.92 Å². The monoisotopic (exact) mass is 278 g/mol. The molecule has 0 atom stereocenters. The highest BCUT2D eigenvalue weighted by Crippen LogP contribution is 2.20. The van der Waals surface area contributed by atoms with Crippen molar-refractivity contribution in [2.75, 3.05) is 18.4 Å². The number of anilines is 1. The molecule has 1 N–H and O–H groups in total. The van der Waals surface area contributed by atoms with Gasteiger partial charge in [0.1, 0.15) is 5.82 Å². The number of hydrogen-bond acceptors (Lipinski definition) is 2. The largest absolute Gasteiger partial charge is 0.343 e. The van der Waals surface area contributed by atoms with Gasteiger partial charge in [0.25, 0.3) is 0 Å². The van der Waals surface area contributed by atoms with Gasteiger partial charge in [0, 0.05) is 31.1 Å². The van der Waals surface area contributed by atoms with Crippen molar-refractivity contribution in [2.45, 2.75) is 26.2 Å². The van der Waals surface area contributed by atoms with Crippen LogP contribution in [0.1, 0.15) is 26.2 Å². The SMILES string of the molecule is CCC(=O)N1CCC(C(=O)Nc2cccc(F)c2)CC1. The summed E-state index contributed by atoms with van der Waals surface area (Å²) in [5.41, 5.74) is 0.474. The Balaban J connectivity index is 1.87. The predicted octanol–water partition coefficient (Wildman–Crippen LogP) is 2.41. The first kappa shape index (κ1) is 14.5. The smallest absolute Gasteiger partial charge is 0.227 e. The molecule has 0 bridgehead atoms. The fraction of sp³-hybridized carbons (Fsp3) is 0.467. The summed E-state index contributed by atoms with van der Waals surface area (Å²) in [6.45, 7) is 3.08. The van der Waals surface area contributed by atoms with Crippen molar-refractivity contribution in [3.05, 3.63) is 30.1 Å². The lowest BCUT2D eigenvalue weighted by Gasteiger charge is -2.31. The highest BCUT2D eigenvalue weighted by atomic mass is 19.1. The Bertz CT molecular complexity index is 496. The average Bonchev–Trinajstić information content (AvgIpc) is 2.46. The van der Waals surface area contributed by atoms with Gasteiger partial charge in [0.15, 0.2) is 0 Å². The lowest BCUT2D eigenvalue weighted by Crippen LogP contribution is -2.41. The summed E-state index contributed by atoms with van der Waals surface area (Å²) in [6, 6.07) is 5.86. The number of piperidine rings is 1. The van der Waals surface area contributed by atoms with E-state index >= 15 is 0 Å². The van der Waals surface area contributed by atoms with E-state index in [9.17, 15) is 14.0 Å². The molecule has 4 nitrogen and oxygen atoms in total. The fourth-order valence-electron chi connectivity index (χ4n) is 2.43. The topological polar surface area (TPSA) is 49.4 Å². The highest BCUT2D eigenvalue weighted by Gasteiger charge is 2.26. The highest BCUT2D eigenvalue weighted by molar-refractivity contribution is 5.92. The molecule has 0 aliphatic carbocycles. The first-order chi connectivity index (χ1) is 9.60. The van der Waals surface area contributed by atoms with E-state index in [-0.39, 0.29) is 23.5 Å². The van der Waals surface area contributed by atoms with Gasteiger partial charge in [0.2, 0.25) is 11.8 Å². The van der Waals surface area contributed by atoms with Crippen LogP contribution in [-0.4, -0.2) is 29.8 Å². The lowest BCUT2D eigenvalue weighted by molar-refractivity contribution is -0.134. The number of nitrogens with zero attached hydrogens (tertiary/aromatic N) is 1. The molecule has 2 amide bonds. The van der Waals surface area contributed by atoms with Crippen LogP contribution in [0.2, 0.25) is 0 Å². The summed E-state index contributed by atoms with van der Waals surface area (Å²) >= 11 is 0. The zero-order chi connectivity index (χ0) is 14.5. The minimum atomic E-state index is -0.369. The number of hydrogen-bond donors (Lipinski definition) is 1. The summed E-state index contributed by atoms with van der Waals surface area (Å²) in [6.07, 6.45) is 1.82. The minimum absolute atomic E-state index is 0.0980. The first-order valence-corrected chi connectivity index (χ1v) is 6.94. The maximum atomic E-state index is 13.0. The van der Waals surface area contributed by atoms with Crippen LogP contribution in [0.4, 0.5) is 10.1 Å². The molecule has 1 aliphatic heterocycles. The Morgan fingerprint density at radius 2 is 2.05 bits per heavy atom. The molecule has 5 heteroatoms. The number of nitrogens with one attached hydrogen (secondary N) is 1. The van der Waals surface area contributed by atoms with Gasteiger partial charge in [-0.2, -0.15) is 0 Å². The van der Waals surface area contributed by atoms with E-state index in [0.29, 0.717) is 38.0 Å². The van der Waals surface area contributed by atoms with Crippen molar-refractivity contribution in [3.63, 3.8) is 0 Å². The fourth-order valence-corrected chi connectivity index (χ4v) is 2.43. The summed E-state index contributed by atoms with van der Waals surface area (Å²) in [7, 11) is 0.